The minimum Gasteiger partial charge on any atom is -0.335 e. The molecule has 0 bridgehead atoms. The third-order valence-corrected chi connectivity index (χ3v) is 4.89. The Morgan fingerprint density at radius 3 is 2.19 bits per heavy atom. The predicted octanol–water partition coefficient (Wildman–Crippen LogP) is 3.85. The van der Waals surface area contributed by atoms with Crippen molar-refractivity contribution in [3.8, 4) is 0 Å². The molecule has 0 aromatic heterocycles. The molecular weight excluding hydrogens is 338 g/mol. The van der Waals surface area contributed by atoms with E-state index in [0.29, 0.717) is 6.54 Å². The number of benzene rings is 2. The van der Waals surface area contributed by atoms with Crippen molar-refractivity contribution in [1.29, 1.82) is 0 Å². The van der Waals surface area contributed by atoms with Crippen molar-refractivity contribution in [1.82, 2.24) is 10.6 Å². The standard InChI is InChI=1S/C22H27N3O2/c26-21(16-23-22(27)24-19-12-6-2-7-13-19)25(20-14-8-3-9-15-20)17-18-10-4-1-5-11-18/h1,3-5,8-11,14-15,19H,2,6-7,12-13,16-17H2,(H2,23,24,27). The second-order valence-electron chi connectivity index (χ2n) is 6.96. The van der Waals surface area contributed by atoms with Crippen LogP contribution in [0.4, 0.5) is 10.5 Å². The number of carbonyl (C=O) groups excluding carboxylic acids is 2. The number of nitrogens with one attached hydrogen (secondary N) is 2. The van der Waals surface area contributed by atoms with Crippen LogP contribution < -0.4 is 15.5 Å². The molecule has 1 aliphatic rings. The van der Waals surface area contributed by atoms with Crippen LogP contribution in [0.25, 0.3) is 0 Å². The van der Waals surface area contributed by atoms with Gasteiger partial charge >= 0.3 is 6.03 Å². The van der Waals surface area contributed by atoms with Crippen LogP contribution in [-0.4, -0.2) is 24.5 Å². The van der Waals surface area contributed by atoms with Gasteiger partial charge < -0.3 is 15.5 Å². The lowest BCUT2D eigenvalue weighted by Crippen LogP contribution is -2.47. The molecule has 27 heavy (non-hydrogen) atoms. The molecule has 2 aromatic carbocycles. The summed E-state index contributed by atoms with van der Waals surface area (Å²) in [6.07, 6.45) is 5.59. The highest BCUT2D eigenvalue weighted by atomic mass is 16.2. The van der Waals surface area contributed by atoms with Crippen LogP contribution in [0.1, 0.15) is 37.7 Å². The lowest BCUT2D eigenvalue weighted by Gasteiger charge is -2.25. The topological polar surface area (TPSA) is 61.4 Å². The molecule has 0 spiro atoms. The highest BCUT2D eigenvalue weighted by Gasteiger charge is 2.19. The quantitative estimate of drug-likeness (QED) is 0.817. The molecule has 0 atom stereocenters. The first kappa shape index (κ1) is 19.0. The Labute approximate surface area is 160 Å². The summed E-state index contributed by atoms with van der Waals surface area (Å²) in [7, 11) is 0. The summed E-state index contributed by atoms with van der Waals surface area (Å²) < 4.78 is 0. The minimum atomic E-state index is -0.261. The van der Waals surface area contributed by atoms with E-state index >= 15 is 0 Å². The SMILES string of the molecule is O=C(NCC(=O)N(Cc1ccccc1)c1ccccc1)NC1CCCCC1. The van der Waals surface area contributed by atoms with E-state index in [1.54, 1.807) is 4.90 Å². The zero-order chi connectivity index (χ0) is 18.9. The Hall–Kier alpha value is -2.82. The maximum absolute atomic E-state index is 12.8. The fourth-order valence-electron chi connectivity index (χ4n) is 3.43. The first-order valence-electron chi connectivity index (χ1n) is 9.66. The van der Waals surface area contributed by atoms with Gasteiger partial charge in [-0.15, -0.1) is 0 Å². The van der Waals surface area contributed by atoms with Gasteiger partial charge in [0.15, 0.2) is 0 Å². The third kappa shape index (κ3) is 5.84. The van der Waals surface area contributed by atoms with E-state index in [-0.39, 0.29) is 24.5 Å². The first-order chi connectivity index (χ1) is 13.2. The number of amides is 3. The number of rotatable bonds is 6. The molecule has 5 nitrogen and oxygen atoms in total. The summed E-state index contributed by atoms with van der Waals surface area (Å²) in [6, 6.07) is 19.4. The van der Waals surface area contributed by atoms with Gasteiger partial charge in [-0.05, 0) is 30.5 Å². The number of anilines is 1. The molecule has 2 N–H and O–H groups in total. The normalized spacial score (nSPS) is 14.4. The van der Waals surface area contributed by atoms with Gasteiger partial charge in [0, 0.05) is 11.7 Å². The van der Waals surface area contributed by atoms with Gasteiger partial charge in [-0.1, -0.05) is 67.8 Å². The van der Waals surface area contributed by atoms with Crippen molar-refractivity contribution in [3.63, 3.8) is 0 Å². The molecule has 2 aromatic rings. The molecule has 0 unspecified atom stereocenters. The average molecular weight is 365 g/mol. The average Bonchev–Trinajstić information content (AvgIpc) is 2.72. The molecule has 142 valence electrons. The van der Waals surface area contributed by atoms with Crippen molar-refractivity contribution < 1.29 is 9.59 Å². The van der Waals surface area contributed by atoms with Crippen LogP contribution in [0, 0.1) is 0 Å². The Kier molecular flexibility index (Phi) is 6.85. The van der Waals surface area contributed by atoms with Crippen molar-refractivity contribution >= 4 is 17.6 Å². The van der Waals surface area contributed by atoms with E-state index in [2.05, 4.69) is 10.6 Å². The van der Waals surface area contributed by atoms with Crippen LogP contribution in [0.2, 0.25) is 0 Å². The summed E-state index contributed by atoms with van der Waals surface area (Å²) in [4.78, 5) is 26.7. The Morgan fingerprint density at radius 1 is 0.889 bits per heavy atom. The van der Waals surface area contributed by atoms with Crippen molar-refractivity contribution in [3.05, 3.63) is 66.2 Å². The number of para-hydroxylation sites is 1. The maximum atomic E-state index is 12.8. The summed E-state index contributed by atoms with van der Waals surface area (Å²) in [5.74, 6) is -0.135. The fraction of sp³-hybridized carbons (Fsp3) is 0.364. The molecule has 3 amide bonds. The summed E-state index contributed by atoms with van der Waals surface area (Å²) in [5, 5.41) is 5.71. The molecular formula is C22H27N3O2. The molecule has 0 radical (unpaired) electrons. The van der Waals surface area contributed by atoms with Crippen LogP contribution in [0.5, 0.6) is 0 Å². The summed E-state index contributed by atoms with van der Waals surface area (Å²) >= 11 is 0. The van der Waals surface area contributed by atoms with Crippen molar-refractivity contribution in [2.45, 2.75) is 44.7 Å². The van der Waals surface area contributed by atoms with E-state index in [0.717, 1.165) is 36.9 Å². The summed E-state index contributed by atoms with van der Waals surface area (Å²) in [5.41, 5.74) is 1.86. The second kappa shape index (κ2) is 9.76. The predicted molar refractivity (Wildman–Crippen MR) is 107 cm³/mol. The smallest absolute Gasteiger partial charge is 0.315 e. The number of hydrogen-bond acceptors (Lipinski definition) is 2. The molecule has 1 saturated carbocycles. The van der Waals surface area contributed by atoms with E-state index in [4.69, 9.17) is 0 Å². The molecule has 0 aliphatic heterocycles. The second-order valence-corrected chi connectivity index (χ2v) is 6.96. The van der Waals surface area contributed by atoms with Gasteiger partial charge in [-0.2, -0.15) is 0 Å². The number of urea groups is 1. The monoisotopic (exact) mass is 365 g/mol. The zero-order valence-corrected chi connectivity index (χ0v) is 15.6. The molecule has 1 aliphatic carbocycles. The zero-order valence-electron chi connectivity index (χ0n) is 15.6. The maximum Gasteiger partial charge on any atom is 0.315 e. The van der Waals surface area contributed by atoms with E-state index < -0.39 is 0 Å². The number of nitrogens with zero attached hydrogens (tertiary/aromatic N) is 1. The highest BCUT2D eigenvalue weighted by Crippen LogP contribution is 2.18. The van der Waals surface area contributed by atoms with Crippen LogP contribution in [-0.2, 0) is 11.3 Å². The molecule has 5 heteroatoms. The van der Waals surface area contributed by atoms with E-state index in [9.17, 15) is 9.59 Å². The minimum absolute atomic E-state index is 0.0275. The first-order valence-corrected chi connectivity index (χ1v) is 9.66. The van der Waals surface area contributed by atoms with Crippen LogP contribution >= 0.6 is 0 Å². The van der Waals surface area contributed by atoms with Gasteiger partial charge in [0.2, 0.25) is 5.91 Å². The van der Waals surface area contributed by atoms with Gasteiger partial charge in [0.1, 0.15) is 0 Å². The molecule has 3 rings (SSSR count). The Bertz CT molecular complexity index is 728. The van der Waals surface area contributed by atoms with Gasteiger partial charge in [-0.3, -0.25) is 4.79 Å². The van der Waals surface area contributed by atoms with Gasteiger partial charge in [0.25, 0.3) is 0 Å². The number of carbonyl (C=O) groups is 2. The van der Waals surface area contributed by atoms with Crippen molar-refractivity contribution in [2.24, 2.45) is 0 Å². The van der Waals surface area contributed by atoms with Crippen molar-refractivity contribution in [2.75, 3.05) is 11.4 Å². The fourth-order valence-corrected chi connectivity index (χ4v) is 3.43. The molecule has 0 saturated heterocycles. The number of hydrogen-bond donors (Lipinski definition) is 2. The third-order valence-electron chi connectivity index (χ3n) is 4.89. The van der Waals surface area contributed by atoms with Crippen LogP contribution in [0.15, 0.2) is 60.7 Å². The van der Waals surface area contributed by atoms with E-state index in [1.165, 1.54) is 6.42 Å². The van der Waals surface area contributed by atoms with Gasteiger partial charge in [0.05, 0.1) is 13.1 Å². The molecule has 1 fully saturated rings. The Morgan fingerprint density at radius 2 is 1.52 bits per heavy atom. The highest BCUT2D eigenvalue weighted by molar-refractivity contribution is 5.96. The van der Waals surface area contributed by atoms with Crippen LogP contribution in [0.3, 0.4) is 0 Å². The van der Waals surface area contributed by atoms with E-state index in [1.807, 2.05) is 60.7 Å². The molecule has 0 heterocycles. The van der Waals surface area contributed by atoms with Gasteiger partial charge in [-0.25, -0.2) is 4.79 Å². The summed E-state index contributed by atoms with van der Waals surface area (Å²) in [6.45, 7) is 0.440. The largest absolute Gasteiger partial charge is 0.335 e. The lowest BCUT2D eigenvalue weighted by atomic mass is 9.96. The lowest BCUT2D eigenvalue weighted by molar-refractivity contribution is -0.117. The Balaban J connectivity index is 1.59.